The number of benzene rings is 1. The molecule has 0 unspecified atom stereocenters. The second-order valence-corrected chi connectivity index (χ2v) is 8.63. The molecular formula is C20H21N3O2S2. The lowest BCUT2D eigenvalue weighted by Gasteiger charge is -2.07. The van der Waals surface area contributed by atoms with Crippen molar-refractivity contribution < 1.29 is 9.59 Å². The molecule has 2 aromatic heterocycles. The number of carbonyl (C=O) groups is 2. The fourth-order valence-electron chi connectivity index (χ4n) is 2.84. The van der Waals surface area contributed by atoms with Crippen LogP contribution in [0.25, 0.3) is 10.9 Å². The number of nitrogens with zero attached hydrogens (tertiary/aromatic N) is 1. The molecule has 0 saturated heterocycles. The average molecular weight is 400 g/mol. The first-order valence-electron chi connectivity index (χ1n) is 8.55. The van der Waals surface area contributed by atoms with Gasteiger partial charge in [-0.05, 0) is 44.0 Å². The quantitative estimate of drug-likeness (QED) is 0.600. The molecule has 3 N–H and O–H groups in total. The van der Waals surface area contributed by atoms with E-state index in [0.717, 1.165) is 26.4 Å². The van der Waals surface area contributed by atoms with Crippen LogP contribution in [0.15, 0.2) is 35.4 Å². The van der Waals surface area contributed by atoms with E-state index in [1.807, 2.05) is 38.1 Å². The van der Waals surface area contributed by atoms with Gasteiger partial charge in [0.2, 0.25) is 5.91 Å². The summed E-state index contributed by atoms with van der Waals surface area (Å²) in [6, 6.07) is 10.1. The van der Waals surface area contributed by atoms with Crippen LogP contribution in [0.5, 0.6) is 0 Å². The lowest BCUT2D eigenvalue weighted by atomic mass is 10.1. The Kier molecular flexibility index (Phi) is 5.82. The van der Waals surface area contributed by atoms with Crippen LogP contribution >= 0.6 is 23.1 Å². The average Bonchev–Trinajstić information content (AvgIpc) is 2.88. The van der Waals surface area contributed by atoms with Crippen molar-refractivity contribution >= 4 is 50.8 Å². The molecule has 27 heavy (non-hydrogen) atoms. The Morgan fingerprint density at radius 2 is 1.96 bits per heavy atom. The van der Waals surface area contributed by atoms with Gasteiger partial charge in [-0.3, -0.25) is 9.59 Å². The minimum absolute atomic E-state index is 0.135. The first kappa shape index (κ1) is 19.4. The predicted molar refractivity (Wildman–Crippen MR) is 113 cm³/mol. The van der Waals surface area contributed by atoms with Crippen LogP contribution in [0.4, 0.5) is 5.00 Å². The normalized spacial score (nSPS) is 10.9. The summed E-state index contributed by atoms with van der Waals surface area (Å²) in [7, 11) is 0. The Morgan fingerprint density at radius 3 is 2.70 bits per heavy atom. The number of thiophene rings is 1. The highest BCUT2D eigenvalue weighted by atomic mass is 32.2. The summed E-state index contributed by atoms with van der Waals surface area (Å²) < 4.78 is 0. The molecule has 0 atom stereocenters. The topological polar surface area (TPSA) is 85.1 Å². The highest BCUT2D eigenvalue weighted by molar-refractivity contribution is 7.99. The Morgan fingerprint density at radius 1 is 1.22 bits per heavy atom. The van der Waals surface area contributed by atoms with Gasteiger partial charge in [0, 0.05) is 22.4 Å². The molecular weight excluding hydrogens is 378 g/mol. The molecule has 0 fully saturated rings. The van der Waals surface area contributed by atoms with Crippen molar-refractivity contribution in [3.63, 3.8) is 0 Å². The molecule has 0 aliphatic rings. The van der Waals surface area contributed by atoms with E-state index >= 15 is 0 Å². The van der Waals surface area contributed by atoms with Crippen molar-refractivity contribution in [1.29, 1.82) is 0 Å². The summed E-state index contributed by atoms with van der Waals surface area (Å²) >= 11 is 2.93. The number of para-hydroxylation sites is 1. The second-order valence-electron chi connectivity index (χ2n) is 6.29. The van der Waals surface area contributed by atoms with Crippen LogP contribution in [0.1, 0.15) is 32.8 Å². The van der Waals surface area contributed by atoms with Gasteiger partial charge in [0.25, 0.3) is 5.91 Å². The van der Waals surface area contributed by atoms with Crippen LogP contribution in [-0.4, -0.2) is 22.6 Å². The van der Waals surface area contributed by atoms with E-state index in [9.17, 15) is 9.59 Å². The van der Waals surface area contributed by atoms with Gasteiger partial charge < -0.3 is 11.1 Å². The maximum Gasteiger partial charge on any atom is 0.251 e. The number of nitrogens with two attached hydrogens (primary N) is 1. The number of nitrogens with one attached hydrogen (secondary N) is 1. The van der Waals surface area contributed by atoms with Gasteiger partial charge in [-0.2, -0.15) is 0 Å². The van der Waals surface area contributed by atoms with Gasteiger partial charge >= 0.3 is 0 Å². The number of hydrogen-bond acceptors (Lipinski definition) is 5. The number of primary amides is 1. The van der Waals surface area contributed by atoms with Crippen molar-refractivity contribution in [3.05, 3.63) is 51.9 Å². The fraction of sp³-hybridized carbons (Fsp3) is 0.250. The monoisotopic (exact) mass is 399 g/mol. The largest absolute Gasteiger partial charge is 0.365 e. The van der Waals surface area contributed by atoms with Crippen LogP contribution in [0.2, 0.25) is 0 Å². The number of carbonyl (C=O) groups excluding carboxylic acids is 2. The number of amides is 2. The third-order valence-corrected chi connectivity index (χ3v) is 6.40. The molecule has 5 nitrogen and oxygen atoms in total. The summed E-state index contributed by atoms with van der Waals surface area (Å²) in [5.74, 6) is -0.0487. The van der Waals surface area contributed by atoms with Crippen molar-refractivity contribution in [3.8, 4) is 0 Å². The number of hydrogen-bond donors (Lipinski definition) is 2. The number of thioether (sulfide) groups is 1. The van der Waals surface area contributed by atoms with Crippen molar-refractivity contribution in [2.45, 2.75) is 32.2 Å². The van der Waals surface area contributed by atoms with Crippen LogP contribution in [0.3, 0.4) is 0 Å². The van der Waals surface area contributed by atoms with E-state index in [0.29, 0.717) is 22.7 Å². The van der Waals surface area contributed by atoms with Crippen LogP contribution in [-0.2, 0) is 4.79 Å². The molecule has 3 aromatic rings. The molecule has 0 bridgehead atoms. The SMILES string of the molecule is Cc1sc(NC(=O)CCSc2cc(C)c3ccccc3n2)c(C(N)=O)c1C. The van der Waals surface area contributed by atoms with Crippen LogP contribution in [0, 0.1) is 20.8 Å². The molecule has 7 heteroatoms. The maximum atomic E-state index is 12.3. The van der Waals surface area contributed by atoms with Gasteiger partial charge in [0.05, 0.1) is 16.1 Å². The van der Waals surface area contributed by atoms with Crippen LogP contribution < -0.4 is 11.1 Å². The standard InChI is InChI=1S/C20H21N3O2S2/c1-11-10-17(22-15-7-5-4-6-14(11)15)26-9-8-16(24)23-20-18(19(21)25)12(2)13(3)27-20/h4-7,10H,8-9H2,1-3H3,(H2,21,25)(H,23,24). The number of rotatable bonds is 6. The number of fused-ring (bicyclic) bond motifs is 1. The Balaban J connectivity index is 1.62. The lowest BCUT2D eigenvalue weighted by Crippen LogP contribution is -2.17. The Labute approximate surface area is 166 Å². The zero-order valence-corrected chi connectivity index (χ0v) is 17.1. The molecule has 0 radical (unpaired) electrons. The van der Waals surface area contributed by atoms with E-state index in [1.165, 1.54) is 16.9 Å². The minimum atomic E-state index is -0.516. The minimum Gasteiger partial charge on any atom is -0.365 e. The number of anilines is 1. The first-order valence-corrected chi connectivity index (χ1v) is 10.4. The number of aryl methyl sites for hydroxylation is 2. The van der Waals surface area contributed by atoms with Gasteiger partial charge in [0.1, 0.15) is 5.00 Å². The van der Waals surface area contributed by atoms with Crippen molar-refractivity contribution in [2.75, 3.05) is 11.1 Å². The van der Waals surface area contributed by atoms with E-state index in [2.05, 4.69) is 23.3 Å². The lowest BCUT2D eigenvalue weighted by molar-refractivity contribution is -0.115. The summed E-state index contributed by atoms with van der Waals surface area (Å²) in [6.45, 7) is 5.81. The molecule has 2 amide bonds. The van der Waals surface area contributed by atoms with Gasteiger partial charge in [-0.25, -0.2) is 4.98 Å². The molecule has 2 heterocycles. The van der Waals surface area contributed by atoms with Gasteiger partial charge in [0.15, 0.2) is 0 Å². The zero-order valence-electron chi connectivity index (χ0n) is 15.5. The Bertz CT molecular complexity index is 1030. The molecule has 0 spiro atoms. The third kappa shape index (κ3) is 4.31. The molecule has 0 aliphatic carbocycles. The first-order chi connectivity index (χ1) is 12.9. The Hall–Kier alpha value is -2.38. The third-order valence-electron chi connectivity index (χ3n) is 4.36. The summed E-state index contributed by atoms with van der Waals surface area (Å²) in [5, 5.41) is 5.40. The molecule has 140 valence electrons. The highest BCUT2D eigenvalue weighted by Gasteiger charge is 2.18. The number of aromatic nitrogens is 1. The fourth-order valence-corrected chi connectivity index (χ4v) is 4.84. The highest BCUT2D eigenvalue weighted by Crippen LogP contribution is 2.32. The van der Waals surface area contributed by atoms with Crippen molar-refractivity contribution in [2.24, 2.45) is 5.73 Å². The summed E-state index contributed by atoms with van der Waals surface area (Å²) in [6.07, 6.45) is 0.326. The van der Waals surface area contributed by atoms with E-state index in [4.69, 9.17) is 5.73 Å². The van der Waals surface area contributed by atoms with E-state index < -0.39 is 5.91 Å². The second kappa shape index (κ2) is 8.10. The van der Waals surface area contributed by atoms with Gasteiger partial charge in [-0.15, -0.1) is 23.1 Å². The van der Waals surface area contributed by atoms with Crippen molar-refractivity contribution in [1.82, 2.24) is 4.98 Å². The van der Waals surface area contributed by atoms with E-state index in [1.54, 1.807) is 11.8 Å². The van der Waals surface area contributed by atoms with E-state index in [-0.39, 0.29) is 5.91 Å². The molecule has 0 saturated carbocycles. The maximum absolute atomic E-state index is 12.3. The summed E-state index contributed by atoms with van der Waals surface area (Å²) in [4.78, 5) is 29.5. The summed E-state index contributed by atoms with van der Waals surface area (Å²) in [5.41, 5.74) is 8.81. The zero-order chi connectivity index (χ0) is 19.6. The van der Waals surface area contributed by atoms with Gasteiger partial charge in [-0.1, -0.05) is 18.2 Å². The molecule has 3 rings (SSSR count). The smallest absolute Gasteiger partial charge is 0.251 e. The molecule has 0 aliphatic heterocycles. The molecule has 1 aromatic carbocycles. The number of pyridine rings is 1. The predicted octanol–water partition coefficient (Wildman–Crippen LogP) is 4.44.